The molecule has 2 aliphatic heterocycles. The van der Waals surface area contributed by atoms with Crippen molar-refractivity contribution in [3.63, 3.8) is 0 Å². The van der Waals surface area contributed by atoms with Gasteiger partial charge in [0.05, 0.1) is 25.4 Å². The molecule has 9 heteroatoms. The van der Waals surface area contributed by atoms with E-state index in [1.807, 2.05) is 12.1 Å². The fourth-order valence-electron chi connectivity index (χ4n) is 3.78. The number of rotatable bonds is 4. The van der Waals surface area contributed by atoms with E-state index in [1.54, 1.807) is 28.4 Å². The number of ether oxygens (including phenoxy) is 1. The van der Waals surface area contributed by atoms with Crippen molar-refractivity contribution in [1.29, 1.82) is 0 Å². The van der Waals surface area contributed by atoms with Crippen LogP contribution in [0.5, 0.6) is 0 Å². The molecule has 0 saturated carbocycles. The average molecular weight is 410 g/mol. The van der Waals surface area contributed by atoms with Gasteiger partial charge in [-0.05, 0) is 18.9 Å². The van der Waals surface area contributed by atoms with Gasteiger partial charge in [0.2, 0.25) is 17.8 Å². The highest BCUT2D eigenvalue weighted by molar-refractivity contribution is 5.85. The molecule has 2 aromatic heterocycles. The zero-order valence-electron chi connectivity index (χ0n) is 16.9. The highest BCUT2D eigenvalue weighted by Crippen LogP contribution is 2.24. The van der Waals surface area contributed by atoms with E-state index in [9.17, 15) is 9.59 Å². The second-order valence-corrected chi connectivity index (χ2v) is 7.63. The molecule has 2 N–H and O–H groups in total. The van der Waals surface area contributed by atoms with Crippen LogP contribution in [0.3, 0.4) is 0 Å². The summed E-state index contributed by atoms with van der Waals surface area (Å²) in [5.74, 6) is 0.273. The lowest BCUT2D eigenvalue weighted by Crippen LogP contribution is -2.47. The predicted molar refractivity (Wildman–Crippen MR) is 110 cm³/mol. The van der Waals surface area contributed by atoms with Crippen LogP contribution in [0.4, 0.5) is 5.95 Å². The molecule has 9 nitrogen and oxygen atoms in total. The van der Waals surface area contributed by atoms with Crippen molar-refractivity contribution in [2.45, 2.75) is 31.8 Å². The van der Waals surface area contributed by atoms with Gasteiger partial charge >= 0.3 is 0 Å². The lowest BCUT2D eigenvalue weighted by atomic mass is 10.1. The van der Waals surface area contributed by atoms with Crippen LogP contribution in [0, 0.1) is 0 Å². The van der Waals surface area contributed by atoms with Crippen LogP contribution in [0.2, 0.25) is 0 Å². The Morgan fingerprint density at radius 2 is 1.87 bits per heavy atom. The topological polar surface area (TPSA) is 115 Å². The first-order valence-corrected chi connectivity index (χ1v) is 10.3. The zero-order valence-corrected chi connectivity index (χ0v) is 16.9. The van der Waals surface area contributed by atoms with Gasteiger partial charge in [-0.1, -0.05) is 12.5 Å². The van der Waals surface area contributed by atoms with E-state index in [-0.39, 0.29) is 30.4 Å². The summed E-state index contributed by atoms with van der Waals surface area (Å²) in [6.45, 7) is 2.21. The van der Waals surface area contributed by atoms with Crippen molar-refractivity contribution < 1.29 is 14.3 Å². The fourth-order valence-corrected chi connectivity index (χ4v) is 3.78. The van der Waals surface area contributed by atoms with Gasteiger partial charge < -0.3 is 20.3 Å². The zero-order chi connectivity index (χ0) is 20.9. The van der Waals surface area contributed by atoms with Gasteiger partial charge in [-0.15, -0.1) is 0 Å². The van der Waals surface area contributed by atoms with Gasteiger partial charge in [0.25, 0.3) is 0 Å². The average Bonchev–Trinajstić information content (AvgIpc) is 2.98. The number of carbonyl (C=O) groups excluding carboxylic acids is 2. The molecular formula is C21H26N6O3. The van der Waals surface area contributed by atoms with Crippen molar-refractivity contribution in [3.8, 4) is 11.1 Å². The summed E-state index contributed by atoms with van der Waals surface area (Å²) in [5.41, 5.74) is 8.00. The van der Waals surface area contributed by atoms with Gasteiger partial charge in [0.1, 0.15) is 6.10 Å². The summed E-state index contributed by atoms with van der Waals surface area (Å²) in [6.07, 6.45) is 8.20. The number of nitrogens with zero attached hydrogens (tertiary/aromatic N) is 5. The normalized spacial score (nSPS) is 20.1. The van der Waals surface area contributed by atoms with Crippen molar-refractivity contribution in [2.75, 3.05) is 38.5 Å². The minimum Gasteiger partial charge on any atom is -0.368 e. The van der Waals surface area contributed by atoms with Crippen LogP contribution in [0.1, 0.15) is 37.5 Å². The smallest absolute Gasteiger partial charge is 0.242 e. The minimum atomic E-state index is -0.292. The molecule has 2 aromatic rings. The first-order valence-electron chi connectivity index (χ1n) is 10.3. The van der Waals surface area contributed by atoms with Gasteiger partial charge in [0.15, 0.2) is 0 Å². The maximum absolute atomic E-state index is 12.8. The number of hydrogen-bond donors (Lipinski definition) is 1. The molecule has 1 atom stereocenters. The number of aromatic nitrogens is 3. The van der Waals surface area contributed by atoms with Crippen molar-refractivity contribution >= 4 is 17.8 Å². The number of carbonyl (C=O) groups is 2. The Morgan fingerprint density at radius 1 is 1.07 bits per heavy atom. The second-order valence-electron chi connectivity index (χ2n) is 7.63. The summed E-state index contributed by atoms with van der Waals surface area (Å²) in [4.78, 5) is 41.0. The number of anilines is 1. The van der Waals surface area contributed by atoms with Crippen LogP contribution >= 0.6 is 0 Å². The second kappa shape index (κ2) is 9.17. The van der Waals surface area contributed by atoms with E-state index in [0.717, 1.165) is 36.1 Å². The predicted octanol–water partition coefficient (Wildman–Crippen LogP) is 1.42. The summed E-state index contributed by atoms with van der Waals surface area (Å²) in [5, 5.41) is 0. The Hall–Kier alpha value is -3.07. The van der Waals surface area contributed by atoms with Gasteiger partial charge in [-0.25, -0.2) is 9.97 Å². The van der Waals surface area contributed by atoms with E-state index >= 15 is 0 Å². The Bertz CT molecular complexity index is 887. The van der Waals surface area contributed by atoms with E-state index in [2.05, 4.69) is 15.0 Å². The molecule has 2 amide bonds. The molecular weight excluding hydrogens is 384 g/mol. The molecule has 0 unspecified atom stereocenters. The fraction of sp³-hybridized carbons (Fsp3) is 0.476. The molecule has 0 aromatic carbocycles. The van der Waals surface area contributed by atoms with Crippen LogP contribution in [0.15, 0.2) is 30.7 Å². The number of hydrogen-bond acceptors (Lipinski definition) is 7. The Kier molecular flexibility index (Phi) is 6.18. The van der Waals surface area contributed by atoms with Gasteiger partial charge in [-0.3, -0.25) is 14.6 Å². The van der Waals surface area contributed by atoms with Crippen LogP contribution < -0.4 is 5.73 Å². The number of pyridine rings is 1. The third-order valence-corrected chi connectivity index (χ3v) is 5.54. The number of morpholine rings is 1. The first kappa shape index (κ1) is 20.2. The lowest BCUT2D eigenvalue weighted by Gasteiger charge is -2.34. The SMILES string of the molecule is Nc1ncc(-c2ccc([C@@H]3CN(C(=O)CN4CCCCCC4=O)CCO3)nc2)cn1. The Labute approximate surface area is 175 Å². The van der Waals surface area contributed by atoms with Gasteiger partial charge in [0, 0.05) is 49.2 Å². The summed E-state index contributed by atoms with van der Waals surface area (Å²) < 4.78 is 5.86. The van der Waals surface area contributed by atoms with Crippen molar-refractivity contribution in [2.24, 2.45) is 0 Å². The third-order valence-electron chi connectivity index (χ3n) is 5.54. The number of nitrogens with two attached hydrogens (primary N) is 1. The number of likely N-dealkylation sites (tertiary alicyclic amines) is 1. The summed E-state index contributed by atoms with van der Waals surface area (Å²) in [6, 6.07) is 3.82. The van der Waals surface area contributed by atoms with Gasteiger partial charge in [-0.2, -0.15) is 0 Å². The van der Waals surface area contributed by atoms with Crippen molar-refractivity contribution in [3.05, 3.63) is 36.4 Å². The van der Waals surface area contributed by atoms with E-state index < -0.39 is 0 Å². The molecule has 0 aliphatic carbocycles. The minimum absolute atomic E-state index is 0.0332. The number of amides is 2. The Balaban J connectivity index is 1.39. The van der Waals surface area contributed by atoms with E-state index in [4.69, 9.17) is 10.5 Å². The quantitative estimate of drug-likeness (QED) is 0.811. The molecule has 4 heterocycles. The first-order chi connectivity index (χ1) is 14.6. The summed E-state index contributed by atoms with van der Waals surface area (Å²) >= 11 is 0. The highest BCUT2D eigenvalue weighted by atomic mass is 16.5. The van der Waals surface area contributed by atoms with E-state index in [1.165, 1.54) is 0 Å². The standard InChI is InChI=1S/C21H26N6O3/c22-21-24-11-16(12-25-21)15-5-6-17(23-10-15)18-13-27(8-9-30-18)20(29)14-26-7-3-1-2-4-19(26)28/h5-6,10-12,18H,1-4,7-9,13-14H2,(H2,22,24,25)/t18-/m0/s1. The molecule has 30 heavy (non-hydrogen) atoms. The molecule has 0 bridgehead atoms. The maximum atomic E-state index is 12.8. The largest absolute Gasteiger partial charge is 0.368 e. The maximum Gasteiger partial charge on any atom is 0.242 e. The number of nitrogen functional groups attached to an aromatic ring is 1. The molecule has 2 aliphatic rings. The van der Waals surface area contributed by atoms with Crippen molar-refractivity contribution in [1.82, 2.24) is 24.8 Å². The molecule has 0 radical (unpaired) electrons. The van der Waals surface area contributed by atoms with Crippen LogP contribution in [-0.4, -0.2) is 69.4 Å². The molecule has 4 rings (SSSR count). The molecule has 2 fully saturated rings. The summed E-state index contributed by atoms with van der Waals surface area (Å²) in [7, 11) is 0. The molecule has 0 spiro atoms. The van der Waals surface area contributed by atoms with Crippen LogP contribution in [0.25, 0.3) is 11.1 Å². The van der Waals surface area contributed by atoms with Crippen LogP contribution in [-0.2, 0) is 14.3 Å². The molecule has 158 valence electrons. The van der Waals surface area contributed by atoms with E-state index in [0.29, 0.717) is 32.7 Å². The highest BCUT2D eigenvalue weighted by Gasteiger charge is 2.28. The monoisotopic (exact) mass is 410 g/mol. The lowest BCUT2D eigenvalue weighted by molar-refractivity contribution is -0.145. The third kappa shape index (κ3) is 4.73. The molecule has 2 saturated heterocycles. The Morgan fingerprint density at radius 3 is 2.63 bits per heavy atom.